The van der Waals surface area contributed by atoms with E-state index in [0.717, 1.165) is 33.2 Å². The van der Waals surface area contributed by atoms with Crippen molar-refractivity contribution < 1.29 is 13.9 Å². The molecule has 0 unspecified atom stereocenters. The predicted molar refractivity (Wildman–Crippen MR) is 129 cm³/mol. The summed E-state index contributed by atoms with van der Waals surface area (Å²) in [5.74, 6) is 0.837. The summed E-state index contributed by atoms with van der Waals surface area (Å²) in [6.07, 6.45) is 4.81. The number of furan rings is 1. The molecule has 0 aliphatic heterocycles. The van der Waals surface area contributed by atoms with Crippen LogP contribution in [0.4, 0.5) is 5.82 Å². The number of rotatable bonds is 5. The van der Waals surface area contributed by atoms with Gasteiger partial charge in [-0.25, -0.2) is 4.98 Å². The summed E-state index contributed by atoms with van der Waals surface area (Å²) in [6, 6.07) is 12.6. The summed E-state index contributed by atoms with van der Waals surface area (Å²) in [5, 5.41) is 4.71. The van der Waals surface area contributed by atoms with Crippen LogP contribution in [0.1, 0.15) is 18.1 Å². The number of pyridine rings is 1. The van der Waals surface area contributed by atoms with Gasteiger partial charge in [-0.15, -0.1) is 0 Å². The molecule has 1 amide bonds. The average molecular weight is 467 g/mol. The minimum absolute atomic E-state index is 0.283. The molecular formula is C25H20Cl2N2O3. The summed E-state index contributed by atoms with van der Waals surface area (Å²) in [6.45, 7) is 3.78. The van der Waals surface area contributed by atoms with Crippen LogP contribution in [0.3, 0.4) is 0 Å². The fourth-order valence-corrected chi connectivity index (χ4v) is 4.17. The maximum atomic E-state index is 12.5. The number of halogens is 2. The molecule has 1 N–H and O–H groups in total. The smallest absolute Gasteiger partial charge is 0.249 e. The second-order valence-electron chi connectivity index (χ2n) is 7.26. The molecule has 0 aliphatic carbocycles. The largest absolute Gasteiger partial charge is 0.496 e. The molecule has 7 heteroatoms. The lowest BCUT2D eigenvalue weighted by atomic mass is 9.96. The minimum atomic E-state index is -0.283. The highest BCUT2D eigenvalue weighted by molar-refractivity contribution is 6.36. The van der Waals surface area contributed by atoms with Gasteiger partial charge in [0.15, 0.2) is 0 Å². The van der Waals surface area contributed by atoms with Crippen LogP contribution < -0.4 is 10.1 Å². The van der Waals surface area contributed by atoms with Crippen LogP contribution in [0.15, 0.2) is 65.4 Å². The van der Waals surface area contributed by atoms with E-state index in [0.29, 0.717) is 27.2 Å². The number of carbonyl (C=O) groups excluding carboxylic acids is 1. The molecule has 0 fully saturated rings. The zero-order chi connectivity index (χ0) is 22.8. The van der Waals surface area contributed by atoms with Gasteiger partial charge >= 0.3 is 0 Å². The van der Waals surface area contributed by atoms with Crippen molar-refractivity contribution in [3.63, 3.8) is 0 Å². The lowest BCUT2D eigenvalue weighted by Crippen LogP contribution is -2.09. The topological polar surface area (TPSA) is 64.4 Å². The first-order valence-electron chi connectivity index (χ1n) is 9.84. The second-order valence-corrected chi connectivity index (χ2v) is 8.11. The summed E-state index contributed by atoms with van der Waals surface area (Å²) < 4.78 is 11.5. The van der Waals surface area contributed by atoms with Gasteiger partial charge in [0.2, 0.25) is 5.91 Å². The molecule has 0 saturated heterocycles. The summed E-state index contributed by atoms with van der Waals surface area (Å²) in [7, 11) is 1.60. The lowest BCUT2D eigenvalue weighted by Gasteiger charge is -2.13. The Balaban J connectivity index is 1.80. The van der Waals surface area contributed by atoms with Gasteiger partial charge in [0.1, 0.15) is 17.2 Å². The van der Waals surface area contributed by atoms with E-state index in [-0.39, 0.29) is 5.91 Å². The molecule has 5 nitrogen and oxygen atoms in total. The number of methoxy groups -OCH3 is 1. The zero-order valence-corrected chi connectivity index (χ0v) is 19.2. The van der Waals surface area contributed by atoms with E-state index in [4.69, 9.17) is 32.4 Å². The maximum Gasteiger partial charge on any atom is 0.249 e. The maximum absolute atomic E-state index is 12.5. The number of nitrogens with one attached hydrogen (secondary N) is 1. The first-order valence-corrected chi connectivity index (χ1v) is 10.6. The summed E-state index contributed by atoms with van der Waals surface area (Å²) >= 11 is 12.5. The van der Waals surface area contributed by atoms with Crippen molar-refractivity contribution in [1.82, 2.24) is 4.98 Å². The average Bonchev–Trinajstić information content (AvgIpc) is 3.18. The number of aromatic nitrogens is 1. The Morgan fingerprint density at radius 1 is 1.16 bits per heavy atom. The van der Waals surface area contributed by atoms with E-state index in [2.05, 4.69) is 10.3 Å². The zero-order valence-electron chi connectivity index (χ0n) is 17.7. The minimum Gasteiger partial charge on any atom is -0.496 e. The quantitative estimate of drug-likeness (QED) is 0.316. The molecule has 0 radical (unpaired) electrons. The molecule has 162 valence electrons. The van der Waals surface area contributed by atoms with Gasteiger partial charge in [-0.05, 0) is 49.8 Å². The Morgan fingerprint density at radius 2 is 1.97 bits per heavy atom. The first kappa shape index (κ1) is 21.9. The van der Waals surface area contributed by atoms with Gasteiger partial charge in [0.25, 0.3) is 0 Å². The Kier molecular flexibility index (Phi) is 6.21. The predicted octanol–water partition coefficient (Wildman–Crippen LogP) is 7.16. The van der Waals surface area contributed by atoms with Crippen molar-refractivity contribution >= 4 is 51.5 Å². The van der Waals surface area contributed by atoms with Crippen LogP contribution >= 0.6 is 23.2 Å². The van der Waals surface area contributed by atoms with Crippen LogP contribution in [0.2, 0.25) is 10.0 Å². The fourth-order valence-electron chi connectivity index (χ4n) is 3.66. The molecule has 0 aliphatic rings. The number of hydrogen-bond acceptors (Lipinski definition) is 4. The van der Waals surface area contributed by atoms with Crippen molar-refractivity contribution in [2.75, 3.05) is 12.4 Å². The van der Waals surface area contributed by atoms with E-state index in [9.17, 15) is 4.79 Å². The standard InChI is InChI=1S/C25H20Cl2N2O3/c1-14(10-23(30)29-22-6-4-5-9-28-22)18-12-19-20(17-8-7-16(26)11-21(17)27)13-32-25(19)15(2)24(18)31-3/h4-13H,1-3H3,(H,28,29,30)/b14-10+. The third kappa shape index (κ3) is 4.22. The monoisotopic (exact) mass is 466 g/mol. The number of allylic oxidation sites excluding steroid dienone is 1. The Hall–Kier alpha value is -3.28. The molecular weight excluding hydrogens is 447 g/mol. The molecule has 2 aromatic carbocycles. The molecule has 2 heterocycles. The Bertz CT molecular complexity index is 1340. The number of hydrogen-bond donors (Lipinski definition) is 1. The van der Waals surface area contributed by atoms with Gasteiger partial charge in [0, 0.05) is 44.9 Å². The molecule has 0 saturated carbocycles. The van der Waals surface area contributed by atoms with Crippen molar-refractivity contribution in [3.05, 3.63) is 82.2 Å². The fraction of sp³-hybridized carbons (Fsp3) is 0.120. The normalized spacial score (nSPS) is 11.6. The van der Waals surface area contributed by atoms with Gasteiger partial charge in [-0.2, -0.15) is 0 Å². The molecule has 4 aromatic rings. The van der Waals surface area contributed by atoms with Crippen LogP contribution in [0, 0.1) is 6.92 Å². The van der Waals surface area contributed by atoms with E-state index in [1.54, 1.807) is 43.8 Å². The summed E-state index contributed by atoms with van der Waals surface area (Å²) in [5.41, 5.74) is 4.67. The Labute approximate surface area is 195 Å². The molecule has 0 atom stereocenters. The van der Waals surface area contributed by atoms with Crippen LogP contribution in [0.5, 0.6) is 5.75 Å². The van der Waals surface area contributed by atoms with E-state index in [1.165, 1.54) is 6.08 Å². The third-order valence-corrected chi connectivity index (χ3v) is 5.71. The van der Waals surface area contributed by atoms with Crippen LogP contribution in [-0.4, -0.2) is 18.0 Å². The number of fused-ring (bicyclic) bond motifs is 1. The highest BCUT2D eigenvalue weighted by atomic mass is 35.5. The highest BCUT2D eigenvalue weighted by Crippen LogP contribution is 2.42. The van der Waals surface area contributed by atoms with Crippen molar-refractivity contribution in [1.29, 1.82) is 0 Å². The van der Waals surface area contributed by atoms with Gasteiger partial charge in [-0.3, -0.25) is 4.79 Å². The number of aryl methyl sites for hydroxylation is 1. The van der Waals surface area contributed by atoms with E-state index in [1.807, 2.05) is 32.0 Å². The van der Waals surface area contributed by atoms with Gasteiger partial charge < -0.3 is 14.5 Å². The molecule has 0 bridgehead atoms. The van der Waals surface area contributed by atoms with Gasteiger partial charge in [0.05, 0.1) is 18.4 Å². The van der Waals surface area contributed by atoms with Crippen LogP contribution in [-0.2, 0) is 4.79 Å². The SMILES string of the molecule is COc1c(/C(C)=C/C(=O)Nc2ccccn2)cc2c(-c3ccc(Cl)cc3Cl)coc2c1C. The van der Waals surface area contributed by atoms with Crippen molar-refractivity contribution in [3.8, 4) is 16.9 Å². The number of anilines is 1. The highest BCUT2D eigenvalue weighted by Gasteiger charge is 2.20. The second kappa shape index (κ2) is 9.07. The first-order chi connectivity index (χ1) is 15.4. The molecule has 4 rings (SSSR count). The van der Waals surface area contributed by atoms with Gasteiger partial charge in [-0.1, -0.05) is 35.3 Å². The molecule has 0 spiro atoms. The number of nitrogens with zero attached hydrogens (tertiary/aromatic N) is 1. The molecule has 2 aromatic heterocycles. The van der Waals surface area contributed by atoms with E-state index >= 15 is 0 Å². The lowest BCUT2D eigenvalue weighted by molar-refractivity contribution is -0.111. The number of ether oxygens (including phenoxy) is 1. The molecule has 32 heavy (non-hydrogen) atoms. The Morgan fingerprint density at radius 3 is 2.66 bits per heavy atom. The van der Waals surface area contributed by atoms with E-state index < -0.39 is 0 Å². The number of amides is 1. The number of benzene rings is 2. The number of carbonyl (C=O) groups is 1. The van der Waals surface area contributed by atoms with Crippen LogP contribution in [0.25, 0.3) is 27.7 Å². The van der Waals surface area contributed by atoms with Crippen molar-refractivity contribution in [2.24, 2.45) is 0 Å². The third-order valence-electron chi connectivity index (χ3n) is 5.16. The van der Waals surface area contributed by atoms with Crippen molar-refractivity contribution in [2.45, 2.75) is 13.8 Å². The summed E-state index contributed by atoms with van der Waals surface area (Å²) in [4.78, 5) is 16.7.